The van der Waals surface area contributed by atoms with Crippen molar-refractivity contribution in [3.63, 3.8) is 0 Å². The first-order chi connectivity index (χ1) is 8.04. The Kier molecular flexibility index (Phi) is 5.68. The molecule has 1 aromatic heterocycles. The largest absolute Gasteiger partial charge is 0.351 e. The number of alkyl halides is 1. The summed E-state index contributed by atoms with van der Waals surface area (Å²) in [5.74, 6) is -0.0327. The molecule has 0 aliphatic rings. The highest BCUT2D eigenvalue weighted by molar-refractivity contribution is 9.09. The maximum absolute atomic E-state index is 11.9. The summed E-state index contributed by atoms with van der Waals surface area (Å²) in [5, 5.41) is 7.18. The number of amides is 1. The fourth-order valence-electron chi connectivity index (χ4n) is 1.65. The minimum absolute atomic E-state index is 0.0327. The molecule has 0 aliphatic heterocycles. The van der Waals surface area contributed by atoms with Gasteiger partial charge in [-0.05, 0) is 32.8 Å². The van der Waals surface area contributed by atoms with Crippen molar-refractivity contribution >= 4 is 21.8 Å². The van der Waals surface area contributed by atoms with Gasteiger partial charge in [0, 0.05) is 17.9 Å². The van der Waals surface area contributed by atoms with Gasteiger partial charge < -0.3 is 5.32 Å². The van der Waals surface area contributed by atoms with Crippen molar-refractivity contribution in [2.75, 3.05) is 6.54 Å². The van der Waals surface area contributed by atoms with E-state index in [2.05, 4.69) is 33.3 Å². The molecule has 17 heavy (non-hydrogen) atoms. The Labute approximate surface area is 111 Å². The highest BCUT2D eigenvalue weighted by Crippen LogP contribution is 2.06. The Hall–Kier alpha value is -0.840. The second-order valence-electron chi connectivity index (χ2n) is 4.17. The molecule has 0 spiro atoms. The van der Waals surface area contributed by atoms with Gasteiger partial charge in [-0.25, -0.2) is 0 Å². The van der Waals surface area contributed by atoms with E-state index in [0.29, 0.717) is 17.1 Å². The molecule has 1 unspecified atom stereocenters. The van der Waals surface area contributed by atoms with Gasteiger partial charge >= 0.3 is 0 Å². The van der Waals surface area contributed by atoms with E-state index in [-0.39, 0.29) is 5.91 Å². The topological polar surface area (TPSA) is 46.9 Å². The van der Waals surface area contributed by atoms with Crippen molar-refractivity contribution in [1.29, 1.82) is 0 Å². The molecule has 1 amide bonds. The van der Waals surface area contributed by atoms with E-state index in [1.54, 1.807) is 4.68 Å². The molecule has 1 atom stereocenters. The Morgan fingerprint density at radius 1 is 1.65 bits per heavy atom. The van der Waals surface area contributed by atoms with Crippen LogP contribution in [0.2, 0.25) is 0 Å². The fourth-order valence-corrected chi connectivity index (χ4v) is 1.97. The number of carbonyl (C=O) groups is 1. The molecule has 4 nitrogen and oxygen atoms in total. The summed E-state index contributed by atoms with van der Waals surface area (Å²) in [6.45, 7) is 7.42. The number of aryl methyl sites for hydroxylation is 2. The molecule has 0 saturated carbocycles. The molecule has 0 aromatic carbocycles. The van der Waals surface area contributed by atoms with Crippen LogP contribution in [0.1, 0.15) is 42.9 Å². The molecule has 1 heterocycles. The van der Waals surface area contributed by atoms with Gasteiger partial charge in [0.05, 0.1) is 5.69 Å². The van der Waals surface area contributed by atoms with Crippen LogP contribution in [0, 0.1) is 6.92 Å². The summed E-state index contributed by atoms with van der Waals surface area (Å²) in [7, 11) is 0. The van der Waals surface area contributed by atoms with Gasteiger partial charge in [-0.2, -0.15) is 5.10 Å². The van der Waals surface area contributed by atoms with Crippen molar-refractivity contribution in [2.45, 2.75) is 45.0 Å². The average Bonchev–Trinajstić information content (AvgIpc) is 2.65. The maximum Gasteiger partial charge on any atom is 0.269 e. The molecule has 1 rings (SSSR count). The second-order valence-corrected chi connectivity index (χ2v) is 5.73. The van der Waals surface area contributed by atoms with Gasteiger partial charge in [0.1, 0.15) is 5.69 Å². The molecule has 0 bridgehead atoms. The number of halogens is 1. The summed E-state index contributed by atoms with van der Waals surface area (Å²) in [5.41, 5.74) is 1.53. The van der Waals surface area contributed by atoms with Crippen LogP contribution in [-0.2, 0) is 6.54 Å². The predicted molar refractivity (Wildman–Crippen MR) is 72.6 cm³/mol. The SMILES string of the molecule is CCn1nc(C)cc1C(=O)NCCCC(C)Br. The number of rotatable bonds is 6. The minimum atomic E-state index is -0.0327. The highest BCUT2D eigenvalue weighted by atomic mass is 79.9. The lowest BCUT2D eigenvalue weighted by Crippen LogP contribution is -2.27. The standard InChI is InChI=1S/C12H20BrN3O/c1-4-16-11(8-10(3)15-16)12(17)14-7-5-6-9(2)13/h8-9H,4-7H2,1-3H3,(H,14,17). The Balaban J connectivity index is 2.46. The van der Waals surface area contributed by atoms with E-state index >= 15 is 0 Å². The zero-order valence-electron chi connectivity index (χ0n) is 10.7. The number of aromatic nitrogens is 2. The maximum atomic E-state index is 11.9. The van der Waals surface area contributed by atoms with E-state index in [0.717, 1.165) is 25.1 Å². The van der Waals surface area contributed by atoms with Gasteiger partial charge in [-0.1, -0.05) is 22.9 Å². The van der Waals surface area contributed by atoms with E-state index in [4.69, 9.17) is 0 Å². The molecular formula is C12H20BrN3O. The lowest BCUT2D eigenvalue weighted by Gasteiger charge is -2.07. The van der Waals surface area contributed by atoms with Crippen LogP contribution in [0.3, 0.4) is 0 Å². The summed E-state index contributed by atoms with van der Waals surface area (Å²) >= 11 is 3.49. The second kappa shape index (κ2) is 6.79. The summed E-state index contributed by atoms with van der Waals surface area (Å²) in [4.78, 5) is 12.4. The van der Waals surface area contributed by atoms with E-state index < -0.39 is 0 Å². The monoisotopic (exact) mass is 301 g/mol. The molecule has 96 valence electrons. The number of nitrogens with one attached hydrogen (secondary N) is 1. The quantitative estimate of drug-likeness (QED) is 0.648. The molecular weight excluding hydrogens is 282 g/mol. The first kappa shape index (κ1) is 14.2. The smallest absolute Gasteiger partial charge is 0.269 e. The number of nitrogens with zero attached hydrogens (tertiary/aromatic N) is 2. The number of hydrogen-bond acceptors (Lipinski definition) is 2. The van der Waals surface area contributed by atoms with Crippen LogP contribution >= 0.6 is 15.9 Å². The van der Waals surface area contributed by atoms with Crippen LogP contribution in [0.4, 0.5) is 0 Å². The van der Waals surface area contributed by atoms with Crippen molar-refractivity contribution < 1.29 is 4.79 Å². The molecule has 5 heteroatoms. The Morgan fingerprint density at radius 2 is 2.35 bits per heavy atom. The normalized spacial score (nSPS) is 12.5. The zero-order chi connectivity index (χ0) is 12.8. The minimum Gasteiger partial charge on any atom is -0.351 e. The van der Waals surface area contributed by atoms with Gasteiger partial charge in [-0.3, -0.25) is 9.48 Å². The first-order valence-electron chi connectivity index (χ1n) is 6.01. The van der Waals surface area contributed by atoms with E-state index in [9.17, 15) is 4.79 Å². The summed E-state index contributed by atoms with van der Waals surface area (Å²) in [6, 6.07) is 1.83. The average molecular weight is 302 g/mol. The third-order valence-corrected chi connectivity index (χ3v) is 2.96. The Morgan fingerprint density at radius 3 is 2.94 bits per heavy atom. The van der Waals surface area contributed by atoms with Crippen molar-refractivity contribution in [2.24, 2.45) is 0 Å². The van der Waals surface area contributed by atoms with Gasteiger partial charge in [-0.15, -0.1) is 0 Å². The third kappa shape index (κ3) is 4.50. The third-order valence-electron chi connectivity index (χ3n) is 2.50. The van der Waals surface area contributed by atoms with Gasteiger partial charge in [0.15, 0.2) is 0 Å². The van der Waals surface area contributed by atoms with Crippen molar-refractivity contribution in [3.8, 4) is 0 Å². The first-order valence-corrected chi connectivity index (χ1v) is 6.93. The van der Waals surface area contributed by atoms with Crippen molar-refractivity contribution in [1.82, 2.24) is 15.1 Å². The van der Waals surface area contributed by atoms with Gasteiger partial charge in [0.25, 0.3) is 5.91 Å². The molecule has 1 aromatic rings. The molecule has 0 saturated heterocycles. The van der Waals surface area contributed by atoms with Crippen LogP contribution in [0.15, 0.2) is 6.07 Å². The van der Waals surface area contributed by atoms with Crippen LogP contribution in [0.5, 0.6) is 0 Å². The zero-order valence-corrected chi connectivity index (χ0v) is 12.2. The van der Waals surface area contributed by atoms with Crippen LogP contribution < -0.4 is 5.32 Å². The van der Waals surface area contributed by atoms with Gasteiger partial charge in [0.2, 0.25) is 0 Å². The van der Waals surface area contributed by atoms with E-state index in [1.165, 1.54) is 0 Å². The molecule has 1 N–H and O–H groups in total. The number of hydrogen-bond donors (Lipinski definition) is 1. The fraction of sp³-hybridized carbons (Fsp3) is 0.667. The number of carbonyl (C=O) groups excluding carboxylic acids is 1. The van der Waals surface area contributed by atoms with Crippen molar-refractivity contribution in [3.05, 3.63) is 17.5 Å². The summed E-state index contributed by atoms with van der Waals surface area (Å²) < 4.78 is 1.73. The van der Waals surface area contributed by atoms with E-state index in [1.807, 2.05) is 19.9 Å². The summed E-state index contributed by atoms with van der Waals surface area (Å²) in [6.07, 6.45) is 2.05. The lowest BCUT2D eigenvalue weighted by atomic mass is 10.2. The predicted octanol–water partition coefficient (Wildman–Crippen LogP) is 2.50. The highest BCUT2D eigenvalue weighted by Gasteiger charge is 2.12. The molecule has 0 aliphatic carbocycles. The van der Waals surface area contributed by atoms with Crippen LogP contribution in [-0.4, -0.2) is 27.1 Å². The Bertz CT molecular complexity index is 374. The van der Waals surface area contributed by atoms with Crippen LogP contribution in [0.25, 0.3) is 0 Å². The molecule has 0 fully saturated rings. The lowest BCUT2D eigenvalue weighted by molar-refractivity contribution is 0.0942. The molecule has 0 radical (unpaired) electrons.